The van der Waals surface area contributed by atoms with Crippen LogP contribution in [0.25, 0.3) is 15.0 Å². The minimum absolute atomic E-state index is 0.151. The molecular formula is C24H19F2O2S+. The zero-order chi connectivity index (χ0) is 20.6. The predicted molar refractivity (Wildman–Crippen MR) is 113 cm³/mol. The van der Waals surface area contributed by atoms with E-state index in [1.165, 1.54) is 16.2 Å². The first kappa shape index (κ1) is 19.3. The van der Waals surface area contributed by atoms with Crippen LogP contribution in [0, 0.1) is 11.6 Å². The Morgan fingerprint density at radius 2 is 1.62 bits per heavy atom. The molecule has 0 saturated heterocycles. The molecule has 0 saturated carbocycles. The Bertz CT molecular complexity index is 1190. The Labute approximate surface area is 170 Å². The van der Waals surface area contributed by atoms with Gasteiger partial charge in [0.05, 0.1) is 5.56 Å². The highest BCUT2D eigenvalue weighted by molar-refractivity contribution is 7.43. The highest BCUT2D eigenvalue weighted by Gasteiger charge is 2.27. The Morgan fingerprint density at radius 1 is 0.897 bits per heavy atom. The molecule has 0 spiro atoms. The first-order chi connectivity index (χ1) is 13.8. The molecule has 0 amide bonds. The lowest BCUT2D eigenvalue weighted by atomic mass is 9.97. The summed E-state index contributed by atoms with van der Waals surface area (Å²) < 4.78 is 33.6. The fourth-order valence-corrected chi connectivity index (χ4v) is 5.08. The summed E-state index contributed by atoms with van der Waals surface area (Å²) in [6, 6.07) is 21.2. The van der Waals surface area contributed by atoms with Gasteiger partial charge in [0.1, 0.15) is 11.0 Å². The molecule has 2 nitrogen and oxygen atoms in total. The highest BCUT2D eigenvalue weighted by Crippen LogP contribution is 2.39. The van der Waals surface area contributed by atoms with Gasteiger partial charge in [0.25, 0.3) is 0 Å². The molecule has 4 aromatic rings. The van der Waals surface area contributed by atoms with E-state index >= 15 is 0 Å². The van der Waals surface area contributed by atoms with Gasteiger partial charge < -0.3 is 4.74 Å². The van der Waals surface area contributed by atoms with E-state index in [1.54, 1.807) is 26.0 Å². The van der Waals surface area contributed by atoms with E-state index in [2.05, 4.69) is 23.6 Å². The number of thiophene rings is 1. The average Bonchev–Trinajstić information content (AvgIpc) is 3.14. The third kappa shape index (κ3) is 3.78. The molecule has 146 valence electrons. The number of benzene rings is 3. The highest BCUT2D eigenvalue weighted by atomic mass is 32.2. The molecule has 0 radical (unpaired) electrons. The Kier molecular flexibility index (Phi) is 4.92. The van der Waals surface area contributed by atoms with Crippen molar-refractivity contribution in [1.82, 2.24) is 0 Å². The largest absolute Gasteiger partial charge is 0.451 e. The van der Waals surface area contributed by atoms with Crippen LogP contribution < -0.4 is 0 Å². The molecule has 1 heterocycles. The van der Waals surface area contributed by atoms with Crippen molar-refractivity contribution in [1.29, 1.82) is 0 Å². The Morgan fingerprint density at radius 3 is 2.34 bits per heavy atom. The van der Waals surface area contributed by atoms with Crippen molar-refractivity contribution >= 4 is 26.5 Å². The summed E-state index contributed by atoms with van der Waals surface area (Å²) in [5, 5.41) is 3.39. The Balaban J connectivity index is 1.55. The standard InChI is InChI=1S/C24H19F2O2S/c1-24(2,18-9-12-20(25)21(26)15-18)28-23(27)17-7-10-19(11-8-17)29-14-13-16-5-3-4-6-22(16)29/h3-15H,1-2H3/q+1. The first-order valence-corrected chi connectivity index (χ1v) is 10.4. The zero-order valence-corrected chi connectivity index (χ0v) is 16.8. The monoisotopic (exact) mass is 409 g/mol. The second-order valence-corrected chi connectivity index (χ2v) is 9.09. The minimum Gasteiger partial charge on any atom is -0.451 e. The van der Waals surface area contributed by atoms with Gasteiger partial charge in [0, 0.05) is 21.9 Å². The number of hydrogen-bond donors (Lipinski definition) is 0. The van der Waals surface area contributed by atoms with Gasteiger partial charge in [-0.2, -0.15) is 0 Å². The number of ether oxygens (including phenoxy) is 1. The lowest BCUT2D eigenvalue weighted by Crippen LogP contribution is -2.26. The molecule has 0 aliphatic heterocycles. The van der Waals surface area contributed by atoms with Crippen LogP contribution >= 0.6 is 10.5 Å². The summed E-state index contributed by atoms with van der Waals surface area (Å²) in [6.45, 7) is 3.29. The molecule has 4 rings (SSSR count). The molecule has 0 fully saturated rings. The van der Waals surface area contributed by atoms with Gasteiger partial charge in [-0.1, -0.05) is 18.2 Å². The van der Waals surface area contributed by atoms with Crippen LogP contribution in [0.5, 0.6) is 0 Å². The second-order valence-electron chi connectivity index (χ2n) is 7.23. The van der Waals surface area contributed by atoms with Crippen LogP contribution in [0.2, 0.25) is 0 Å². The van der Waals surface area contributed by atoms with Crippen LogP contribution in [-0.4, -0.2) is 5.97 Å². The molecule has 3 aromatic carbocycles. The van der Waals surface area contributed by atoms with Gasteiger partial charge in [-0.25, -0.2) is 13.6 Å². The van der Waals surface area contributed by atoms with Crippen LogP contribution in [-0.2, 0) is 10.3 Å². The summed E-state index contributed by atoms with van der Waals surface area (Å²) in [4.78, 5) is 13.7. The van der Waals surface area contributed by atoms with E-state index in [4.69, 9.17) is 4.74 Å². The van der Waals surface area contributed by atoms with Crippen molar-refractivity contribution in [2.45, 2.75) is 19.4 Å². The molecule has 29 heavy (non-hydrogen) atoms. The fourth-order valence-electron chi connectivity index (χ4n) is 3.20. The van der Waals surface area contributed by atoms with Gasteiger partial charge >= 0.3 is 5.97 Å². The minimum atomic E-state index is -1.10. The lowest BCUT2D eigenvalue weighted by Gasteiger charge is -2.25. The third-order valence-electron chi connectivity index (χ3n) is 4.85. The molecule has 1 unspecified atom stereocenters. The maximum Gasteiger partial charge on any atom is 0.338 e. The van der Waals surface area contributed by atoms with E-state index in [0.717, 1.165) is 17.0 Å². The molecule has 0 aliphatic carbocycles. The quantitative estimate of drug-likeness (QED) is 0.269. The molecule has 1 atom stereocenters. The summed E-state index contributed by atoms with van der Waals surface area (Å²) in [7, 11) is -0.151. The number of esters is 1. The number of hydrogen-bond acceptors (Lipinski definition) is 2. The maximum atomic E-state index is 13.5. The van der Waals surface area contributed by atoms with Crippen molar-refractivity contribution < 1.29 is 18.3 Å². The lowest BCUT2D eigenvalue weighted by molar-refractivity contribution is -0.00328. The number of halogens is 2. The van der Waals surface area contributed by atoms with Crippen molar-refractivity contribution in [3.63, 3.8) is 0 Å². The second kappa shape index (κ2) is 7.41. The van der Waals surface area contributed by atoms with E-state index in [-0.39, 0.29) is 10.5 Å². The topological polar surface area (TPSA) is 26.3 Å². The van der Waals surface area contributed by atoms with Crippen LogP contribution in [0.4, 0.5) is 8.78 Å². The summed E-state index contributed by atoms with van der Waals surface area (Å²) in [5.74, 6) is -2.42. The SMILES string of the molecule is CC(C)(OC(=O)c1ccc(-[s+]2ccc3ccccc32)cc1)c1ccc(F)c(F)c1. The molecule has 5 heteroatoms. The van der Waals surface area contributed by atoms with Crippen molar-refractivity contribution in [2.24, 2.45) is 0 Å². The Hall–Kier alpha value is -3.05. The molecule has 0 aliphatic rings. The van der Waals surface area contributed by atoms with E-state index < -0.39 is 23.2 Å². The van der Waals surface area contributed by atoms with Gasteiger partial charge in [-0.05, 0) is 67.9 Å². The van der Waals surface area contributed by atoms with Crippen LogP contribution in [0.1, 0.15) is 29.8 Å². The van der Waals surface area contributed by atoms with Gasteiger partial charge in [-0.3, -0.25) is 0 Å². The van der Waals surface area contributed by atoms with E-state index in [1.807, 2.05) is 24.3 Å². The van der Waals surface area contributed by atoms with Gasteiger partial charge in [0.15, 0.2) is 21.2 Å². The molecule has 1 aromatic heterocycles. The normalized spacial score (nSPS) is 12.2. The van der Waals surface area contributed by atoms with Crippen LogP contribution in [0.15, 0.2) is 78.2 Å². The number of carbonyl (C=O) groups is 1. The van der Waals surface area contributed by atoms with Gasteiger partial charge in [-0.15, -0.1) is 0 Å². The summed E-state index contributed by atoms with van der Waals surface area (Å²) >= 11 is 0. The van der Waals surface area contributed by atoms with Crippen LogP contribution in [0.3, 0.4) is 0 Å². The average molecular weight is 409 g/mol. The smallest absolute Gasteiger partial charge is 0.338 e. The van der Waals surface area contributed by atoms with Crippen molar-refractivity contribution in [2.75, 3.05) is 0 Å². The van der Waals surface area contributed by atoms with Gasteiger partial charge in [0.2, 0.25) is 0 Å². The number of rotatable bonds is 4. The summed E-state index contributed by atoms with van der Waals surface area (Å²) in [6.07, 6.45) is 0. The number of carbonyl (C=O) groups excluding carboxylic acids is 1. The third-order valence-corrected chi connectivity index (χ3v) is 6.88. The van der Waals surface area contributed by atoms with Crippen molar-refractivity contribution in [3.8, 4) is 4.90 Å². The summed E-state index contributed by atoms with van der Waals surface area (Å²) in [5.41, 5.74) is -0.306. The number of fused-ring (bicyclic) bond motifs is 1. The fraction of sp³-hybridized carbons (Fsp3) is 0.125. The van der Waals surface area contributed by atoms with Crippen molar-refractivity contribution in [3.05, 3.63) is 101 Å². The maximum absolute atomic E-state index is 13.5. The van der Waals surface area contributed by atoms with E-state index in [9.17, 15) is 13.6 Å². The zero-order valence-electron chi connectivity index (χ0n) is 16.0. The predicted octanol–water partition coefficient (Wildman–Crippen LogP) is 6.95. The first-order valence-electron chi connectivity index (χ1n) is 9.14. The molecule has 0 N–H and O–H groups in total. The molecular weight excluding hydrogens is 390 g/mol. The van der Waals surface area contributed by atoms with E-state index in [0.29, 0.717) is 11.1 Å². The molecule has 0 bridgehead atoms.